The van der Waals surface area contributed by atoms with Crippen LogP contribution in [0.25, 0.3) is 0 Å². The molecule has 1 aromatic heterocycles. The van der Waals surface area contributed by atoms with Gasteiger partial charge in [0.2, 0.25) is 5.91 Å². The fraction of sp³-hybridized carbons (Fsp3) is 0.615. The van der Waals surface area contributed by atoms with Crippen LogP contribution in [-0.2, 0) is 4.79 Å². The highest BCUT2D eigenvalue weighted by molar-refractivity contribution is 7.03. The van der Waals surface area contributed by atoms with Crippen molar-refractivity contribution in [2.24, 2.45) is 0 Å². The van der Waals surface area contributed by atoms with E-state index in [2.05, 4.69) is 21.5 Å². The van der Waals surface area contributed by atoms with Gasteiger partial charge in [0.05, 0.1) is 5.54 Å². The summed E-state index contributed by atoms with van der Waals surface area (Å²) in [5.74, 6) is 0.199. The summed E-state index contributed by atoms with van der Waals surface area (Å²) < 4.78 is 3.91. The molecule has 1 N–H and O–H groups in total. The van der Waals surface area contributed by atoms with E-state index in [4.69, 9.17) is 0 Å². The summed E-state index contributed by atoms with van der Waals surface area (Å²) in [7, 11) is 0. The Labute approximate surface area is 116 Å². The molecule has 1 atom stereocenters. The number of carbonyl (C=O) groups is 1. The quantitative estimate of drug-likeness (QED) is 0.857. The van der Waals surface area contributed by atoms with E-state index in [-0.39, 0.29) is 17.6 Å². The molecule has 3 rings (SSSR count). The number of carbonyl (C=O) groups excluding carboxylic acids is 1. The molecule has 6 heteroatoms. The SMILES string of the molecule is C=CCN1C(=O)C2(CCCCC2)N[C@H]1c1csnn1. The van der Waals surface area contributed by atoms with E-state index in [0.717, 1.165) is 31.4 Å². The van der Waals surface area contributed by atoms with Crippen molar-refractivity contribution in [3.63, 3.8) is 0 Å². The van der Waals surface area contributed by atoms with E-state index in [1.807, 2.05) is 10.3 Å². The summed E-state index contributed by atoms with van der Waals surface area (Å²) in [6.07, 6.45) is 6.92. The molecule has 102 valence electrons. The van der Waals surface area contributed by atoms with Crippen LogP contribution in [0.15, 0.2) is 18.0 Å². The molecule has 1 saturated carbocycles. The van der Waals surface area contributed by atoms with Gasteiger partial charge in [0.15, 0.2) is 0 Å². The lowest BCUT2D eigenvalue weighted by molar-refractivity contribution is -0.133. The van der Waals surface area contributed by atoms with Gasteiger partial charge in [0.1, 0.15) is 11.9 Å². The van der Waals surface area contributed by atoms with Crippen LogP contribution in [0.1, 0.15) is 44.0 Å². The van der Waals surface area contributed by atoms with Gasteiger partial charge in [-0.2, -0.15) is 0 Å². The van der Waals surface area contributed by atoms with E-state index in [9.17, 15) is 4.79 Å². The molecule has 1 amide bonds. The van der Waals surface area contributed by atoms with Crippen molar-refractivity contribution in [1.82, 2.24) is 19.8 Å². The molecule has 0 radical (unpaired) electrons. The zero-order valence-electron chi connectivity index (χ0n) is 10.8. The topological polar surface area (TPSA) is 58.1 Å². The van der Waals surface area contributed by atoms with E-state index in [0.29, 0.717) is 6.54 Å². The maximum atomic E-state index is 12.7. The third-order valence-electron chi connectivity index (χ3n) is 4.08. The lowest BCUT2D eigenvalue weighted by Crippen LogP contribution is -2.48. The van der Waals surface area contributed by atoms with Crippen molar-refractivity contribution in [1.29, 1.82) is 0 Å². The molecule has 1 aromatic rings. The number of hydrogen-bond acceptors (Lipinski definition) is 5. The molecular formula is C13H18N4OS. The van der Waals surface area contributed by atoms with Crippen LogP contribution in [0.4, 0.5) is 0 Å². The van der Waals surface area contributed by atoms with Crippen molar-refractivity contribution in [3.8, 4) is 0 Å². The van der Waals surface area contributed by atoms with E-state index < -0.39 is 0 Å². The molecule has 2 fully saturated rings. The Morgan fingerprint density at radius 1 is 1.53 bits per heavy atom. The van der Waals surface area contributed by atoms with Gasteiger partial charge in [-0.3, -0.25) is 10.1 Å². The van der Waals surface area contributed by atoms with Crippen LogP contribution < -0.4 is 5.32 Å². The Balaban J connectivity index is 1.91. The fourth-order valence-electron chi connectivity index (χ4n) is 3.16. The third-order valence-corrected chi connectivity index (χ3v) is 4.61. The predicted octanol–water partition coefficient (Wildman–Crippen LogP) is 1.86. The Morgan fingerprint density at radius 2 is 2.32 bits per heavy atom. The maximum absolute atomic E-state index is 12.7. The van der Waals surface area contributed by atoms with Crippen LogP contribution in [-0.4, -0.2) is 32.5 Å². The molecule has 1 aliphatic heterocycles. The van der Waals surface area contributed by atoms with E-state index in [1.54, 1.807) is 6.08 Å². The lowest BCUT2D eigenvalue weighted by atomic mass is 9.81. The van der Waals surface area contributed by atoms with Crippen LogP contribution >= 0.6 is 11.5 Å². The minimum absolute atomic E-state index is 0.151. The summed E-state index contributed by atoms with van der Waals surface area (Å²) in [6.45, 7) is 4.30. The highest BCUT2D eigenvalue weighted by atomic mass is 32.1. The zero-order chi connectivity index (χ0) is 13.3. The summed E-state index contributed by atoms with van der Waals surface area (Å²) in [5.41, 5.74) is 0.456. The van der Waals surface area contributed by atoms with Gasteiger partial charge in [-0.05, 0) is 24.4 Å². The summed E-state index contributed by atoms with van der Waals surface area (Å²) in [5, 5.41) is 9.55. The van der Waals surface area contributed by atoms with Crippen molar-refractivity contribution >= 4 is 17.4 Å². The first-order chi connectivity index (χ1) is 9.27. The number of amides is 1. The maximum Gasteiger partial charge on any atom is 0.244 e. The Hall–Kier alpha value is -1.27. The van der Waals surface area contributed by atoms with Gasteiger partial charge in [0, 0.05) is 11.9 Å². The van der Waals surface area contributed by atoms with E-state index >= 15 is 0 Å². The zero-order valence-corrected chi connectivity index (χ0v) is 11.7. The van der Waals surface area contributed by atoms with Gasteiger partial charge < -0.3 is 4.90 Å². The highest BCUT2D eigenvalue weighted by Crippen LogP contribution is 2.39. The summed E-state index contributed by atoms with van der Waals surface area (Å²) in [6, 6.07) is 0. The van der Waals surface area contributed by atoms with Crippen LogP contribution in [0, 0.1) is 0 Å². The molecule has 5 nitrogen and oxygen atoms in total. The van der Waals surface area contributed by atoms with Gasteiger partial charge >= 0.3 is 0 Å². The monoisotopic (exact) mass is 278 g/mol. The first kappa shape index (κ1) is 12.7. The second-order valence-corrected chi connectivity index (χ2v) is 5.88. The Bertz CT molecular complexity index is 467. The number of rotatable bonds is 3. The average Bonchev–Trinajstić information content (AvgIpc) is 3.03. The Morgan fingerprint density at radius 3 is 2.95 bits per heavy atom. The second kappa shape index (κ2) is 5.02. The van der Waals surface area contributed by atoms with Crippen LogP contribution in [0.5, 0.6) is 0 Å². The highest BCUT2D eigenvalue weighted by Gasteiger charge is 2.51. The summed E-state index contributed by atoms with van der Waals surface area (Å²) in [4.78, 5) is 14.6. The average molecular weight is 278 g/mol. The van der Waals surface area contributed by atoms with Gasteiger partial charge in [-0.1, -0.05) is 29.8 Å². The van der Waals surface area contributed by atoms with Gasteiger partial charge in [-0.15, -0.1) is 11.7 Å². The van der Waals surface area contributed by atoms with Crippen LogP contribution in [0.2, 0.25) is 0 Å². The minimum Gasteiger partial charge on any atom is -0.316 e. The van der Waals surface area contributed by atoms with Crippen molar-refractivity contribution in [2.75, 3.05) is 6.54 Å². The molecule has 19 heavy (non-hydrogen) atoms. The first-order valence-corrected chi connectivity index (χ1v) is 7.57. The number of hydrogen-bond donors (Lipinski definition) is 1. The molecule has 2 heterocycles. The first-order valence-electron chi connectivity index (χ1n) is 6.73. The van der Waals surface area contributed by atoms with Gasteiger partial charge in [0.25, 0.3) is 0 Å². The number of nitrogens with zero attached hydrogens (tertiary/aromatic N) is 3. The third kappa shape index (κ3) is 2.08. The van der Waals surface area contributed by atoms with E-state index in [1.165, 1.54) is 18.0 Å². The van der Waals surface area contributed by atoms with Gasteiger partial charge in [-0.25, -0.2) is 0 Å². The molecule has 0 aromatic carbocycles. The molecule has 1 aliphatic carbocycles. The standard InChI is InChI=1S/C13H18N4OS/c1-2-8-17-11(10-9-19-16-15-10)14-13(12(17)18)6-4-3-5-7-13/h2,9,11,14H,1,3-8H2/t11-/m1/s1. The van der Waals surface area contributed by atoms with Crippen LogP contribution in [0.3, 0.4) is 0 Å². The fourth-order valence-corrected chi connectivity index (χ4v) is 3.63. The molecular weight excluding hydrogens is 260 g/mol. The number of nitrogens with one attached hydrogen (secondary N) is 1. The normalized spacial score (nSPS) is 26.0. The smallest absolute Gasteiger partial charge is 0.244 e. The Kier molecular flexibility index (Phi) is 3.36. The molecule has 0 unspecified atom stereocenters. The minimum atomic E-state index is -0.379. The largest absolute Gasteiger partial charge is 0.316 e. The summed E-state index contributed by atoms with van der Waals surface area (Å²) >= 11 is 1.32. The molecule has 2 aliphatic rings. The van der Waals surface area contributed by atoms with Crippen molar-refractivity contribution < 1.29 is 4.79 Å². The lowest BCUT2D eigenvalue weighted by Gasteiger charge is -2.31. The molecule has 1 spiro atoms. The molecule has 0 bridgehead atoms. The molecule has 1 saturated heterocycles. The number of aromatic nitrogens is 2. The second-order valence-electron chi connectivity index (χ2n) is 5.27. The van der Waals surface area contributed by atoms with Crippen molar-refractivity contribution in [2.45, 2.75) is 43.8 Å². The van der Waals surface area contributed by atoms with Crippen molar-refractivity contribution in [3.05, 3.63) is 23.7 Å². The predicted molar refractivity (Wildman–Crippen MR) is 73.5 cm³/mol.